The number of aliphatic hydroxyl groups is 1. The van der Waals surface area contributed by atoms with Crippen LogP contribution in [0.1, 0.15) is 20.3 Å². The smallest absolute Gasteiger partial charge is 0.0621 e. The third-order valence-electron chi connectivity index (χ3n) is 3.69. The Kier molecular flexibility index (Phi) is 3.92. The molecule has 2 aliphatic rings. The molecule has 2 N–H and O–H groups in total. The number of aliphatic hydroxyl groups excluding tert-OH is 1. The standard InChI is InChI=1S/C11H21NOS2/c1-11(2)9(5-10(11)13)12-6-8-7-14-3-4-15-8/h8-10,12-13H,3-7H2,1-2H3. The third-order valence-corrected chi connectivity index (χ3v) is 6.54. The molecule has 0 radical (unpaired) electrons. The molecular weight excluding hydrogens is 226 g/mol. The lowest BCUT2D eigenvalue weighted by Gasteiger charge is -2.50. The van der Waals surface area contributed by atoms with Crippen molar-refractivity contribution in [3.8, 4) is 0 Å². The largest absolute Gasteiger partial charge is 0.392 e. The van der Waals surface area contributed by atoms with Crippen molar-refractivity contribution < 1.29 is 5.11 Å². The van der Waals surface area contributed by atoms with Gasteiger partial charge in [-0.2, -0.15) is 23.5 Å². The van der Waals surface area contributed by atoms with Gasteiger partial charge in [0.15, 0.2) is 0 Å². The lowest BCUT2D eigenvalue weighted by atomic mass is 9.64. The predicted molar refractivity (Wildman–Crippen MR) is 69.8 cm³/mol. The second kappa shape index (κ2) is 4.86. The van der Waals surface area contributed by atoms with Gasteiger partial charge < -0.3 is 10.4 Å². The van der Waals surface area contributed by atoms with Crippen molar-refractivity contribution in [3.05, 3.63) is 0 Å². The monoisotopic (exact) mass is 247 g/mol. The van der Waals surface area contributed by atoms with E-state index in [1.807, 2.05) is 0 Å². The van der Waals surface area contributed by atoms with Gasteiger partial charge in [-0.25, -0.2) is 0 Å². The summed E-state index contributed by atoms with van der Waals surface area (Å²) in [6, 6.07) is 0.514. The van der Waals surface area contributed by atoms with Crippen LogP contribution in [-0.2, 0) is 0 Å². The molecule has 3 atom stereocenters. The number of thioether (sulfide) groups is 2. The summed E-state index contributed by atoms with van der Waals surface area (Å²) in [6.07, 6.45) is 0.820. The zero-order valence-electron chi connectivity index (χ0n) is 9.53. The van der Waals surface area contributed by atoms with Gasteiger partial charge in [0.05, 0.1) is 6.10 Å². The van der Waals surface area contributed by atoms with Gasteiger partial charge >= 0.3 is 0 Å². The molecular formula is C11H21NOS2. The normalized spacial score (nSPS) is 39.8. The SMILES string of the molecule is CC1(C)C(O)CC1NCC1CSCCS1. The Balaban J connectivity index is 1.70. The van der Waals surface area contributed by atoms with Crippen molar-refractivity contribution in [2.75, 3.05) is 23.8 Å². The van der Waals surface area contributed by atoms with E-state index in [0.717, 1.165) is 18.2 Å². The molecule has 0 aromatic rings. The summed E-state index contributed by atoms with van der Waals surface area (Å²) in [5, 5.41) is 14.0. The van der Waals surface area contributed by atoms with Gasteiger partial charge in [-0.15, -0.1) is 0 Å². The van der Waals surface area contributed by atoms with E-state index in [1.54, 1.807) is 0 Å². The number of hydrogen-bond donors (Lipinski definition) is 2. The van der Waals surface area contributed by atoms with E-state index in [0.29, 0.717) is 6.04 Å². The highest BCUT2D eigenvalue weighted by molar-refractivity contribution is 8.06. The maximum absolute atomic E-state index is 9.63. The van der Waals surface area contributed by atoms with Gasteiger partial charge in [0.1, 0.15) is 0 Å². The Morgan fingerprint density at radius 3 is 2.73 bits per heavy atom. The minimum absolute atomic E-state index is 0.0759. The molecule has 0 amide bonds. The summed E-state index contributed by atoms with van der Waals surface area (Å²) < 4.78 is 0. The van der Waals surface area contributed by atoms with Gasteiger partial charge in [-0.3, -0.25) is 0 Å². The van der Waals surface area contributed by atoms with Gasteiger partial charge in [0.2, 0.25) is 0 Å². The second-order valence-corrected chi connectivity index (χ2v) is 7.66. The van der Waals surface area contributed by atoms with Gasteiger partial charge in [0.25, 0.3) is 0 Å². The Morgan fingerprint density at radius 2 is 2.20 bits per heavy atom. The lowest BCUT2D eigenvalue weighted by Crippen LogP contribution is -2.60. The highest BCUT2D eigenvalue weighted by atomic mass is 32.2. The number of hydrogen-bond acceptors (Lipinski definition) is 4. The second-order valence-electron chi connectivity index (χ2n) is 5.10. The van der Waals surface area contributed by atoms with E-state index in [1.165, 1.54) is 17.3 Å². The fourth-order valence-corrected chi connectivity index (χ4v) is 4.80. The van der Waals surface area contributed by atoms with Crippen LogP contribution in [0.3, 0.4) is 0 Å². The molecule has 0 aromatic heterocycles. The minimum atomic E-state index is -0.108. The van der Waals surface area contributed by atoms with Gasteiger partial charge in [0, 0.05) is 40.5 Å². The fraction of sp³-hybridized carbons (Fsp3) is 1.00. The lowest BCUT2D eigenvalue weighted by molar-refractivity contribution is -0.0720. The first kappa shape index (κ1) is 12.1. The first-order valence-corrected chi connectivity index (χ1v) is 7.92. The molecule has 2 rings (SSSR count). The number of rotatable bonds is 3. The highest BCUT2D eigenvalue weighted by Gasteiger charge is 2.46. The van der Waals surface area contributed by atoms with E-state index in [-0.39, 0.29) is 11.5 Å². The third kappa shape index (κ3) is 2.65. The van der Waals surface area contributed by atoms with Crippen LogP contribution in [0.2, 0.25) is 0 Å². The van der Waals surface area contributed by atoms with Crippen molar-refractivity contribution in [2.24, 2.45) is 5.41 Å². The van der Waals surface area contributed by atoms with Crippen LogP contribution >= 0.6 is 23.5 Å². The van der Waals surface area contributed by atoms with Gasteiger partial charge in [-0.05, 0) is 6.42 Å². The van der Waals surface area contributed by atoms with E-state index in [2.05, 4.69) is 42.7 Å². The summed E-state index contributed by atoms with van der Waals surface area (Å²) in [4.78, 5) is 0. The summed E-state index contributed by atoms with van der Waals surface area (Å²) >= 11 is 4.17. The predicted octanol–water partition coefficient (Wildman–Crippen LogP) is 1.58. The van der Waals surface area contributed by atoms with Crippen LogP contribution in [0.5, 0.6) is 0 Å². The summed E-state index contributed by atoms with van der Waals surface area (Å²) in [5.41, 5.74) is 0.0759. The van der Waals surface area contributed by atoms with E-state index in [4.69, 9.17) is 0 Å². The number of nitrogens with one attached hydrogen (secondary N) is 1. The van der Waals surface area contributed by atoms with Crippen LogP contribution < -0.4 is 5.32 Å². The molecule has 0 aromatic carbocycles. The average molecular weight is 247 g/mol. The quantitative estimate of drug-likeness (QED) is 0.793. The van der Waals surface area contributed by atoms with Crippen molar-refractivity contribution in [3.63, 3.8) is 0 Å². The fourth-order valence-electron chi connectivity index (χ4n) is 2.18. The van der Waals surface area contributed by atoms with E-state index in [9.17, 15) is 5.11 Å². The van der Waals surface area contributed by atoms with E-state index >= 15 is 0 Å². The first-order chi connectivity index (χ1) is 7.10. The van der Waals surface area contributed by atoms with Crippen molar-refractivity contribution in [1.29, 1.82) is 0 Å². The van der Waals surface area contributed by atoms with Crippen LogP contribution in [0.4, 0.5) is 0 Å². The molecule has 1 saturated heterocycles. The first-order valence-electron chi connectivity index (χ1n) is 5.71. The molecule has 3 unspecified atom stereocenters. The molecule has 0 bridgehead atoms. The topological polar surface area (TPSA) is 32.3 Å². The maximum Gasteiger partial charge on any atom is 0.0621 e. The van der Waals surface area contributed by atoms with E-state index < -0.39 is 0 Å². The zero-order chi connectivity index (χ0) is 10.9. The molecule has 15 heavy (non-hydrogen) atoms. The Labute approximate surface area is 101 Å². The maximum atomic E-state index is 9.63. The van der Waals surface area contributed by atoms with Crippen molar-refractivity contribution >= 4 is 23.5 Å². The Bertz CT molecular complexity index is 217. The van der Waals surface area contributed by atoms with Crippen molar-refractivity contribution in [2.45, 2.75) is 37.7 Å². The molecule has 2 fully saturated rings. The molecule has 1 heterocycles. The summed E-state index contributed by atoms with van der Waals surface area (Å²) in [5.74, 6) is 3.90. The van der Waals surface area contributed by atoms with Crippen LogP contribution in [-0.4, -0.2) is 46.3 Å². The molecule has 2 nitrogen and oxygen atoms in total. The van der Waals surface area contributed by atoms with Crippen LogP contribution in [0, 0.1) is 5.41 Å². The summed E-state index contributed by atoms with van der Waals surface area (Å²) in [6.45, 7) is 5.42. The van der Waals surface area contributed by atoms with Crippen LogP contribution in [0.15, 0.2) is 0 Å². The zero-order valence-corrected chi connectivity index (χ0v) is 11.2. The Morgan fingerprint density at radius 1 is 1.40 bits per heavy atom. The minimum Gasteiger partial charge on any atom is -0.392 e. The molecule has 1 aliphatic carbocycles. The molecule has 88 valence electrons. The van der Waals surface area contributed by atoms with Gasteiger partial charge in [-0.1, -0.05) is 13.8 Å². The molecule has 0 spiro atoms. The van der Waals surface area contributed by atoms with Crippen molar-refractivity contribution in [1.82, 2.24) is 5.32 Å². The molecule has 1 aliphatic heterocycles. The molecule has 1 saturated carbocycles. The Hall–Kier alpha value is 0.620. The summed E-state index contributed by atoms with van der Waals surface area (Å²) in [7, 11) is 0. The highest BCUT2D eigenvalue weighted by Crippen LogP contribution is 2.40. The van der Waals surface area contributed by atoms with Crippen LogP contribution in [0.25, 0.3) is 0 Å². The average Bonchev–Trinajstić information content (AvgIpc) is 2.25. The molecule has 4 heteroatoms.